The van der Waals surface area contributed by atoms with Crippen molar-refractivity contribution in [3.05, 3.63) is 29.6 Å². The molecule has 0 saturated carbocycles. The van der Waals surface area contributed by atoms with Gasteiger partial charge >= 0.3 is 5.97 Å². The third-order valence-corrected chi connectivity index (χ3v) is 2.81. The van der Waals surface area contributed by atoms with Crippen LogP contribution in [0.1, 0.15) is 17.3 Å². The van der Waals surface area contributed by atoms with Crippen molar-refractivity contribution >= 4 is 27.7 Å². The Bertz CT molecular complexity index is 461. The standard InChI is InChI=1S/C12H12BrFO4/c1-7(15)9-4-3-8(5-11(9)14)18-6-10(13)12(16)17-2/h3-5,10H,6H2,1-2H3. The molecule has 0 aliphatic heterocycles. The van der Waals surface area contributed by atoms with Gasteiger partial charge in [-0.1, -0.05) is 15.9 Å². The van der Waals surface area contributed by atoms with Crippen LogP contribution >= 0.6 is 15.9 Å². The van der Waals surface area contributed by atoms with Gasteiger partial charge in [0.1, 0.15) is 23.0 Å². The summed E-state index contributed by atoms with van der Waals surface area (Å²) in [5.74, 6) is -1.24. The Morgan fingerprint density at radius 1 is 1.44 bits per heavy atom. The summed E-state index contributed by atoms with van der Waals surface area (Å²) in [6, 6.07) is 3.92. The average molecular weight is 319 g/mol. The van der Waals surface area contributed by atoms with Crippen LogP contribution in [0.25, 0.3) is 0 Å². The van der Waals surface area contributed by atoms with E-state index < -0.39 is 16.6 Å². The zero-order chi connectivity index (χ0) is 13.7. The van der Waals surface area contributed by atoms with E-state index in [4.69, 9.17) is 4.74 Å². The fourth-order valence-corrected chi connectivity index (χ4v) is 1.56. The van der Waals surface area contributed by atoms with E-state index in [0.717, 1.165) is 6.07 Å². The second-order valence-corrected chi connectivity index (χ2v) is 4.60. The highest BCUT2D eigenvalue weighted by atomic mass is 79.9. The van der Waals surface area contributed by atoms with E-state index in [1.54, 1.807) is 0 Å². The van der Waals surface area contributed by atoms with Crippen LogP contribution in [0.15, 0.2) is 18.2 Å². The van der Waals surface area contributed by atoms with Crippen LogP contribution in [0, 0.1) is 5.82 Å². The molecule has 1 aromatic carbocycles. The first-order chi connectivity index (χ1) is 8.45. The number of halogens is 2. The van der Waals surface area contributed by atoms with E-state index in [1.165, 1.54) is 26.2 Å². The van der Waals surface area contributed by atoms with E-state index in [2.05, 4.69) is 20.7 Å². The van der Waals surface area contributed by atoms with Crippen molar-refractivity contribution in [2.75, 3.05) is 13.7 Å². The first-order valence-electron chi connectivity index (χ1n) is 5.11. The third-order valence-electron chi connectivity index (χ3n) is 2.17. The monoisotopic (exact) mass is 318 g/mol. The van der Waals surface area contributed by atoms with Crippen molar-refractivity contribution in [2.45, 2.75) is 11.8 Å². The van der Waals surface area contributed by atoms with Crippen LogP contribution in [0.4, 0.5) is 4.39 Å². The predicted molar refractivity (Wildman–Crippen MR) is 66.6 cm³/mol. The van der Waals surface area contributed by atoms with E-state index in [9.17, 15) is 14.0 Å². The molecule has 6 heteroatoms. The first-order valence-corrected chi connectivity index (χ1v) is 6.02. The number of ether oxygens (including phenoxy) is 2. The Kier molecular flexibility index (Phi) is 5.27. The molecule has 0 aliphatic rings. The quantitative estimate of drug-likeness (QED) is 0.475. The lowest BCUT2D eigenvalue weighted by molar-refractivity contribution is -0.140. The number of benzene rings is 1. The van der Waals surface area contributed by atoms with Gasteiger partial charge in [-0.25, -0.2) is 4.39 Å². The van der Waals surface area contributed by atoms with Gasteiger partial charge < -0.3 is 9.47 Å². The summed E-state index contributed by atoms with van der Waals surface area (Å²) >= 11 is 3.07. The summed E-state index contributed by atoms with van der Waals surface area (Å²) < 4.78 is 23.1. The molecule has 0 fully saturated rings. The van der Waals surface area contributed by atoms with Crippen molar-refractivity contribution in [1.82, 2.24) is 0 Å². The van der Waals surface area contributed by atoms with Gasteiger partial charge in [-0.3, -0.25) is 9.59 Å². The molecule has 0 bridgehead atoms. The number of carbonyl (C=O) groups is 2. The highest BCUT2D eigenvalue weighted by Crippen LogP contribution is 2.18. The zero-order valence-electron chi connectivity index (χ0n) is 9.91. The maximum atomic E-state index is 13.4. The molecule has 18 heavy (non-hydrogen) atoms. The van der Waals surface area contributed by atoms with E-state index >= 15 is 0 Å². The zero-order valence-corrected chi connectivity index (χ0v) is 11.5. The molecule has 4 nitrogen and oxygen atoms in total. The fourth-order valence-electron chi connectivity index (χ4n) is 1.24. The number of esters is 1. The Labute approximate surface area is 112 Å². The Morgan fingerprint density at radius 3 is 2.61 bits per heavy atom. The van der Waals surface area contributed by atoms with Gasteiger partial charge in [-0.05, 0) is 19.1 Å². The second-order valence-electron chi connectivity index (χ2n) is 3.50. The maximum Gasteiger partial charge on any atom is 0.322 e. The Hall–Kier alpha value is -1.43. The van der Waals surface area contributed by atoms with Crippen molar-refractivity contribution in [1.29, 1.82) is 0 Å². The first kappa shape index (κ1) is 14.6. The smallest absolute Gasteiger partial charge is 0.322 e. The third kappa shape index (κ3) is 3.80. The molecule has 1 rings (SSSR count). The second kappa shape index (κ2) is 6.49. The molecule has 0 N–H and O–H groups in total. The SMILES string of the molecule is COC(=O)C(Br)COc1ccc(C(C)=O)c(F)c1. The highest BCUT2D eigenvalue weighted by molar-refractivity contribution is 9.10. The van der Waals surface area contributed by atoms with E-state index in [1.807, 2.05) is 0 Å². The number of Topliss-reactive ketones (excluding diaryl/α,β-unsaturated/α-hetero) is 1. The lowest BCUT2D eigenvalue weighted by atomic mass is 10.1. The minimum atomic E-state index is -0.649. The number of carbonyl (C=O) groups excluding carboxylic acids is 2. The summed E-state index contributed by atoms with van der Waals surface area (Å²) in [4.78, 5) is 21.5. The van der Waals surface area contributed by atoms with E-state index in [-0.39, 0.29) is 23.7 Å². The summed E-state index contributed by atoms with van der Waals surface area (Å²) in [6.45, 7) is 1.29. The summed E-state index contributed by atoms with van der Waals surface area (Å²) in [5, 5.41) is 0. The van der Waals surface area contributed by atoms with Gasteiger partial charge in [-0.15, -0.1) is 0 Å². The van der Waals surface area contributed by atoms with Gasteiger partial charge in [0, 0.05) is 6.07 Å². The van der Waals surface area contributed by atoms with Crippen LogP contribution < -0.4 is 4.74 Å². The molecule has 0 saturated heterocycles. The summed E-state index contributed by atoms with van der Waals surface area (Å²) in [7, 11) is 1.26. The Balaban J connectivity index is 2.67. The van der Waals surface area contributed by atoms with Crippen molar-refractivity contribution in [3.8, 4) is 5.75 Å². The largest absolute Gasteiger partial charge is 0.492 e. The molecule has 0 aromatic heterocycles. The van der Waals surface area contributed by atoms with Gasteiger partial charge in [0.15, 0.2) is 5.78 Å². The van der Waals surface area contributed by atoms with Crippen molar-refractivity contribution < 1.29 is 23.5 Å². The van der Waals surface area contributed by atoms with Crippen molar-refractivity contribution in [3.63, 3.8) is 0 Å². The van der Waals surface area contributed by atoms with Gasteiger partial charge in [-0.2, -0.15) is 0 Å². The molecule has 0 heterocycles. The molecule has 0 spiro atoms. The van der Waals surface area contributed by atoms with Crippen LogP contribution in [-0.2, 0) is 9.53 Å². The van der Waals surface area contributed by atoms with Crippen LogP contribution in [0.2, 0.25) is 0 Å². The van der Waals surface area contributed by atoms with Gasteiger partial charge in [0.2, 0.25) is 0 Å². The molecule has 98 valence electrons. The topological polar surface area (TPSA) is 52.6 Å². The number of ketones is 1. The Morgan fingerprint density at radius 2 is 2.11 bits per heavy atom. The molecular formula is C12H12BrFO4. The molecule has 0 amide bonds. The minimum absolute atomic E-state index is 0.00529. The molecule has 0 aliphatic carbocycles. The highest BCUT2D eigenvalue weighted by Gasteiger charge is 2.16. The summed E-state index contributed by atoms with van der Waals surface area (Å²) in [5.41, 5.74) is 0.00529. The molecule has 1 atom stereocenters. The number of hydrogen-bond acceptors (Lipinski definition) is 4. The maximum absolute atomic E-state index is 13.4. The van der Waals surface area contributed by atoms with Crippen LogP contribution in [0.5, 0.6) is 5.75 Å². The van der Waals surface area contributed by atoms with E-state index in [0.29, 0.717) is 0 Å². The number of alkyl halides is 1. The average Bonchev–Trinajstić information content (AvgIpc) is 2.34. The molecule has 0 radical (unpaired) electrons. The minimum Gasteiger partial charge on any atom is -0.492 e. The molecular weight excluding hydrogens is 307 g/mol. The molecule has 1 unspecified atom stereocenters. The fraction of sp³-hybridized carbons (Fsp3) is 0.333. The normalized spacial score (nSPS) is 11.8. The van der Waals surface area contributed by atoms with Gasteiger partial charge in [0.25, 0.3) is 0 Å². The summed E-state index contributed by atoms with van der Waals surface area (Å²) in [6.07, 6.45) is 0. The number of methoxy groups -OCH3 is 1. The lowest BCUT2D eigenvalue weighted by Crippen LogP contribution is -2.23. The van der Waals surface area contributed by atoms with Gasteiger partial charge in [0.05, 0.1) is 12.7 Å². The van der Waals surface area contributed by atoms with Crippen LogP contribution in [-0.4, -0.2) is 30.3 Å². The van der Waals surface area contributed by atoms with Crippen molar-refractivity contribution in [2.24, 2.45) is 0 Å². The van der Waals surface area contributed by atoms with Crippen LogP contribution in [0.3, 0.4) is 0 Å². The molecule has 1 aromatic rings. The number of hydrogen-bond donors (Lipinski definition) is 0. The predicted octanol–water partition coefficient (Wildman–Crippen LogP) is 2.34. The lowest BCUT2D eigenvalue weighted by Gasteiger charge is -2.10. The number of rotatable bonds is 5.